The van der Waals surface area contributed by atoms with Crippen molar-refractivity contribution in [1.29, 1.82) is 0 Å². The Morgan fingerprint density at radius 3 is 2.88 bits per heavy atom. The highest BCUT2D eigenvalue weighted by molar-refractivity contribution is 5.96. The lowest BCUT2D eigenvalue weighted by atomic mass is 10.1. The summed E-state index contributed by atoms with van der Waals surface area (Å²) < 4.78 is 0. The van der Waals surface area contributed by atoms with Gasteiger partial charge in [0.2, 0.25) is 0 Å². The molecule has 0 fully saturated rings. The van der Waals surface area contributed by atoms with Gasteiger partial charge in [0.1, 0.15) is 0 Å². The third kappa shape index (κ3) is 2.97. The molecule has 16 heavy (non-hydrogen) atoms. The average Bonchev–Trinajstić information content (AvgIpc) is 2.29. The predicted octanol–water partition coefficient (Wildman–Crippen LogP) is 0.935. The number of nitrogen functional groups attached to an aromatic ring is 1. The Bertz CT molecular complexity index is 377. The molecule has 1 unspecified atom stereocenters. The van der Waals surface area contributed by atoms with E-state index in [0.717, 1.165) is 5.56 Å². The number of anilines is 1. The Morgan fingerprint density at radius 1 is 1.56 bits per heavy atom. The molecule has 88 valence electrons. The minimum atomic E-state index is -0.148. The molecule has 4 heteroatoms. The van der Waals surface area contributed by atoms with Gasteiger partial charge in [-0.1, -0.05) is 13.0 Å². The summed E-state index contributed by atoms with van der Waals surface area (Å²) in [6, 6.07) is 5.26. The van der Waals surface area contributed by atoms with Crippen LogP contribution in [0.5, 0.6) is 0 Å². The zero-order valence-corrected chi connectivity index (χ0v) is 9.66. The van der Waals surface area contributed by atoms with Gasteiger partial charge in [-0.15, -0.1) is 0 Å². The molecule has 0 spiro atoms. The highest BCUT2D eigenvalue weighted by Gasteiger charge is 2.10. The number of amides is 1. The van der Waals surface area contributed by atoms with Crippen LogP contribution >= 0.6 is 0 Å². The molecule has 0 aliphatic heterocycles. The number of benzene rings is 1. The molecule has 0 radical (unpaired) electrons. The number of hydrogen-bond acceptors (Lipinski definition) is 3. The van der Waals surface area contributed by atoms with Gasteiger partial charge < -0.3 is 16.2 Å². The molecule has 1 rings (SSSR count). The summed E-state index contributed by atoms with van der Waals surface area (Å²) in [6.45, 7) is 4.21. The monoisotopic (exact) mass is 222 g/mol. The molecule has 4 nitrogen and oxygen atoms in total. The normalized spacial score (nSPS) is 12.2. The number of carbonyl (C=O) groups is 1. The van der Waals surface area contributed by atoms with Crippen molar-refractivity contribution in [3.8, 4) is 0 Å². The van der Waals surface area contributed by atoms with Crippen LogP contribution in [-0.2, 0) is 0 Å². The highest BCUT2D eigenvalue weighted by Crippen LogP contribution is 2.15. The summed E-state index contributed by atoms with van der Waals surface area (Å²) in [5, 5.41) is 11.6. The number of rotatable bonds is 4. The Kier molecular flexibility index (Phi) is 4.31. The van der Waals surface area contributed by atoms with Gasteiger partial charge in [-0.3, -0.25) is 4.79 Å². The lowest BCUT2D eigenvalue weighted by Crippen LogP contribution is -2.30. The van der Waals surface area contributed by atoms with E-state index >= 15 is 0 Å². The summed E-state index contributed by atoms with van der Waals surface area (Å²) >= 11 is 0. The number of nitrogens with two attached hydrogens (primary N) is 1. The summed E-state index contributed by atoms with van der Waals surface area (Å²) in [5.41, 5.74) is 7.71. The van der Waals surface area contributed by atoms with Crippen LogP contribution in [0, 0.1) is 12.8 Å². The smallest absolute Gasteiger partial charge is 0.251 e. The highest BCUT2D eigenvalue weighted by atomic mass is 16.3. The molecule has 0 aliphatic carbocycles. The first kappa shape index (κ1) is 12.5. The van der Waals surface area contributed by atoms with Crippen LogP contribution in [0.15, 0.2) is 18.2 Å². The fraction of sp³-hybridized carbons (Fsp3) is 0.417. The van der Waals surface area contributed by atoms with E-state index in [2.05, 4.69) is 5.32 Å². The molecule has 1 atom stereocenters. The first-order valence-electron chi connectivity index (χ1n) is 5.30. The fourth-order valence-electron chi connectivity index (χ4n) is 1.33. The first-order valence-corrected chi connectivity index (χ1v) is 5.30. The van der Waals surface area contributed by atoms with Gasteiger partial charge in [0, 0.05) is 24.4 Å². The molecule has 1 aromatic carbocycles. The van der Waals surface area contributed by atoms with Crippen molar-refractivity contribution < 1.29 is 9.90 Å². The maximum atomic E-state index is 11.8. The Labute approximate surface area is 95.5 Å². The van der Waals surface area contributed by atoms with E-state index in [-0.39, 0.29) is 18.4 Å². The van der Waals surface area contributed by atoms with E-state index in [9.17, 15) is 4.79 Å². The molecule has 0 saturated carbocycles. The Hall–Kier alpha value is -1.55. The van der Waals surface area contributed by atoms with Crippen LogP contribution in [0.25, 0.3) is 0 Å². The second kappa shape index (κ2) is 5.51. The third-order valence-corrected chi connectivity index (χ3v) is 2.54. The first-order chi connectivity index (χ1) is 7.56. The molecule has 4 N–H and O–H groups in total. The molecular formula is C12H18N2O2. The molecule has 0 bridgehead atoms. The molecule has 0 saturated heterocycles. The van der Waals surface area contributed by atoms with Crippen LogP contribution < -0.4 is 11.1 Å². The maximum absolute atomic E-state index is 11.8. The summed E-state index contributed by atoms with van der Waals surface area (Å²) in [6.07, 6.45) is 0. The number of aliphatic hydroxyl groups excluding tert-OH is 1. The van der Waals surface area contributed by atoms with E-state index in [1.165, 1.54) is 0 Å². The van der Waals surface area contributed by atoms with Crippen molar-refractivity contribution in [2.24, 2.45) is 5.92 Å². The van der Waals surface area contributed by atoms with E-state index in [1.54, 1.807) is 18.2 Å². The number of carbonyl (C=O) groups excluding carboxylic acids is 1. The van der Waals surface area contributed by atoms with E-state index in [0.29, 0.717) is 17.8 Å². The van der Waals surface area contributed by atoms with Gasteiger partial charge >= 0.3 is 0 Å². The third-order valence-electron chi connectivity index (χ3n) is 2.54. The van der Waals surface area contributed by atoms with E-state index in [4.69, 9.17) is 10.8 Å². The van der Waals surface area contributed by atoms with Crippen LogP contribution in [0.4, 0.5) is 5.69 Å². The summed E-state index contributed by atoms with van der Waals surface area (Å²) in [7, 11) is 0. The molecule has 0 aliphatic rings. The topological polar surface area (TPSA) is 75.4 Å². The van der Waals surface area contributed by atoms with Gasteiger partial charge in [-0.05, 0) is 30.5 Å². The minimum Gasteiger partial charge on any atom is -0.398 e. The molecule has 1 amide bonds. The molecule has 0 heterocycles. The fourth-order valence-corrected chi connectivity index (χ4v) is 1.33. The van der Waals surface area contributed by atoms with Crippen molar-refractivity contribution in [2.75, 3.05) is 18.9 Å². The van der Waals surface area contributed by atoms with Crippen LogP contribution in [0.2, 0.25) is 0 Å². The Morgan fingerprint density at radius 2 is 2.25 bits per heavy atom. The second-order valence-electron chi connectivity index (χ2n) is 4.02. The molecule has 1 aromatic rings. The van der Waals surface area contributed by atoms with E-state index in [1.807, 2.05) is 13.8 Å². The summed E-state index contributed by atoms with van der Waals surface area (Å²) in [5.74, 6) is -0.0876. The standard InChI is InChI=1S/C12H18N2O2/c1-8(7-15)6-14-12(16)10-4-3-5-11(13)9(10)2/h3-5,8,15H,6-7,13H2,1-2H3,(H,14,16). The number of aliphatic hydroxyl groups is 1. The van der Waals surface area contributed by atoms with Gasteiger partial charge in [-0.2, -0.15) is 0 Å². The predicted molar refractivity (Wildman–Crippen MR) is 64.2 cm³/mol. The largest absolute Gasteiger partial charge is 0.398 e. The minimum absolute atomic E-state index is 0.0605. The van der Waals surface area contributed by atoms with Crippen LogP contribution in [-0.4, -0.2) is 24.2 Å². The maximum Gasteiger partial charge on any atom is 0.251 e. The second-order valence-corrected chi connectivity index (χ2v) is 4.02. The lowest BCUT2D eigenvalue weighted by molar-refractivity contribution is 0.0941. The van der Waals surface area contributed by atoms with Gasteiger partial charge in [0.15, 0.2) is 0 Å². The Balaban J connectivity index is 2.70. The molecular weight excluding hydrogens is 204 g/mol. The summed E-state index contributed by atoms with van der Waals surface area (Å²) in [4.78, 5) is 11.8. The molecule has 0 aromatic heterocycles. The lowest BCUT2D eigenvalue weighted by Gasteiger charge is -2.11. The van der Waals surface area contributed by atoms with Crippen molar-refractivity contribution in [1.82, 2.24) is 5.32 Å². The zero-order chi connectivity index (χ0) is 12.1. The van der Waals surface area contributed by atoms with Crippen molar-refractivity contribution in [2.45, 2.75) is 13.8 Å². The van der Waals surface area contributed by atoms with Crippen molar-refractivity contribution >= 4 is 11.6 Å². The van der Waals surface area contributed by atoms with E-state index < -0.39 is 0 Å². The van der Waals surface area contributed by atoms with Crippen molar-refractivity contribution in [3.63, 3.8) is 0 Å². The average molecular weight is 222 g/mol. The zero-order valence-electron chi connectivity index (χ0n) is 9.66. The van der Waals surface area contributed by atoms with Gasteiger partial charge in [0.05, 0.1) is 0 Å². The van der Waals surface area contributed by atoms with Gasteiger partial charge in [-0.25, -0.2) is 0 Å². The SMILES string of the molecule is Cc1c(N)cccc1C(=O)NCC(C)CO. The number of nitrogens with one attached hydrogen (secondary N) is 1. The van der Waals surface area contributed by atoms with Crippen LogP contribution in [0.1, 0.15) is 22.8 Å². The van der Waals surface area contributed by atoms with Crippen molar-refractivity contribution in [3.05, 3.63) is 29.3 Å². The quantitative estimate of drug-likeness (QED) is 0.663. The van der Waals surface area contributed by atoms with Crippen LogP contribution in [0.3, 0.4) is 0 Å². The van der Waals surface area contributed by atoms with Gasteiger partial charge in [0.25, 0.3) is 5.91 Å². The number of hydrogen-bond donors (Lipinski definition) is 3.